The molecule has 2 nitrogen and oxygen atoms in total. The molecule has 90 valence electrons. The number of hydrogen-bond acceptors (Lipinski definition) is 3. The fraction of sp³-hybridized carbons (Fsp3) is 0.357. The predicted octanol–water partition coefficient (Wildman–Crippen LogP) is 3.39. The van der Waals surface area contributed by atoms with Crippen molar-refractivity contribution in [2.45, 2.75) is 32.7 Å². The van der Waals surface area contributed by atoms with Crippen molar-refractivity contribution < 1.29 is 0 Å². The van der Waals surface area contributed by atoms with Gasteiger partial charge in [-0.1, -0.05) is 6.07 Å². The summed E-state index contributed by atoms with van der Waals surface area (Å²) in [7, 11) is 0. The molecule has 2 aromatic rings. The third kappa shape index (κ3) is 3.14. The van der Waals surface area contributed by atoms with Crippen LogP contribution in [-0.2, 0) is 6.42 Å². The molecule has 0 aliphatic rings. The molecule has 1 unspecified atom stereocenters. The van der Waals surface area contributed by atoms with E-state index < -0.39 is 0 Å². The minimum atomic E-state index is 0.0375. The molecule has 2 aromatic heterocycles. The fourth-order valence-electron chi connectivity index (χ4n) is 2.01. The van der Waals surface area contributed by atoms with Gasteiger partial charge in [0.25, 0.3) is 0 Å². The van der Waals surface area contributed by atoms with Gasteiger partial charge in [-0.2, -0.15) is 11.3 Å². The van der Waals surface area contributed by atoms with E-state index in [0.29, 0.717) is 0 Å². The summed E-state index contributed by atoms with van der Waals surface area (Å²) in [6, 6.07) is 4.34. The molecule has 17 heavy (non-hydrogen) atoms. The maximum atomic E-state index is 6.20. The van der Waals surface area contributed by atoms with Crippen molar-refractivity contribution in [2.24, 2.45) is 5.73 Å². The highest BCUT2D eigenvalue weighted by atomic mass is 32.1. The van der Waals surface area contributed by atoms with Crippen molar-refractivity contribution in [2.75, 3.05) is 0 Å². The molecule has 2 heterocycles. The summed E-state index contributed by atoms with van der Waals surface area (Å²) >= 11 is 1.74. The molecule has 0 fully saturated rings. The van der Waals surface area contributed by atoms with E-state index >= 15 is 0 Å². The van der Waals surface area contributed by atoms with Crippen molar-refractivity contribution in [3.63, 3.8) is 0 Å². The van der Waals surface area contributed by atoms with Gasteiger partial charge in [0.1, 0.15) is 0 Å². The quantitative estimate of drug-likeness (QED) is 0.898. The topological polar surface area (TPSA) is 38.9 Å². The number of aromatic nitrogens is 1. The van der Waals surface area contributed by atoms with Crippen molar-refractivity contribution >= 4 is 11.3 Å². The van der Waals surface area contributed by atoms with Gasteiger partial charge in [0.05, 0.1) is 5.69 Å². The van der Waals surface area contributed by atoms with Crippen LogP contribution in [0.25, 0.3) is 0 Å². The molecule has 0 saturated carbocycles. The normalized spacial score (nSPS) is 12.6. The van der Waals surface area contributed by atoms with Crippen LogP contribution in [0, 0.1) is 13.8 Å². The van der Waals surface area contributed by atoms with Crippen LogP contribution in [0.3, 0.4) is 0 Å². The van der Waals surface area contributed by atoms with Gasteiger partial charge in [0.2, 0.25) is 0 Å². The maximum absolute atomic E-state index is 6.20. The second-order valence-electron chi connectivity index (χ2n) is 4.49. The molecular formula is C14H18N2S. The molecule has 0 amide bonds. The van der Waals surface area contributed by atoms with Crippen LogP contribution in [0.15, 0.2) is 29.1 Å². The molecule has 0 aromatic carbocycles. The van der Waals surface area contributed by atoms with Gasteiger partial charge in [0, 0.05) is 12.2 Å². The minimum absolute atomic E-state index is 0.0375. The summed E-state index contributed by atoms with van der Waals surface area (Å²) in [5.41, 5.74) is 11.0. The van der Waals surface area contributed by atoms with Gasteiger partial charge >= 0.3 is 0 Å². The molecule has 0 spiro atoms. The van der Waals surface area contributed by atoms with Crippen LogP contribution in [0.4, 0.5) is 0 Å². The highest BCUT2D eigenvalue weighted by Crippen LogP contribution is 2.19. The van der Waals surface area contributed by atoms with Gasteiger partial charge < -0.3 is 5.73 Å². The van der Waals surface area contributed by atoms with Crippen LogP contribution in [0.1, 0.15) is 34.8 Å². The van der Waals surface area contributed by atoms with Crippen molar-refractivity contribution in [1.29, 1.82) is 0 Å². The molecule has 2 N–H and O–H groups in total. The molecular weight excluding hydrogens is 228 g/mol. The summed E-state index contributed by atoms with van der Waals surface area (Å²) < 4.78 is 0. The Morgan fingerprint density at radius 2 is 2.24 bits per heavy atom. The van der Waals surface area contributed by atoms with Gasteiger partial charge in [-0.15, -0.1) is 0 Å². The van der Waals surface area contributed by atoms with Crippen molar-refractivity contribution in [3.8, 4) is 0 Å². The van der Waals surface area contributed by atoms with Crippen LogP contribution < -0.4 is 5.73 Å². The van der Waals surface area contributed by atoms with Crippen LogP contribution in [0.5, 0.6) is 0 Å². The van der Waals surface area contributed by atoms with E-state index in [2.05, 4.69) is 41.7 Å². The zero-order chi connectivity index (χ0) is 12.3. The van der Waals surface area contributed by atoms with Crippen molar-refractivity contribution in [3.05, 3.63) is 51.5 Å². The first kappa shape index (κ1) is 12.3. The summed E-state index contributed by atoms with van der Waals surface area (Å²) in [6.07, 6.45) is 3.88. The largest absolute Gasteiger partial charge is 0.323 e. The van der Waals surface area contributed by atoms with Gasteiger partial charge in [-0.05, 0) is 60.2 Å². The maximum Gasteiger partial charge on any atom is 0.0600 e. The first-order chi connectivity index (χ1) is 8.16. The number of nitrogens with zero attached hydrogens (tertiary/aromatic N) is 1. The third-order valence-corrected chi connectivity index (χ3v) is 3.66. The summed E-state index contributed by atoms with van der Waals surface area (Å²) in [5.74, 6) is 0. The second kappa shape index (κ2) is 5.43. The molecule has 0 radical (unpaired) electrons. The van der Waals surface area contributed by atoms with E-state index in [4.69, 9.17) is 5.73 Å². The molecule has 3 heteroatoms. The zero-order valence-electron chi connectivity index (χ0n) is 10.3. The Morgan fingerprint density at radius 1 is 1.41 bits per heavy atom. The summed E-state index contributed by atoms with van der Waals surface area (Å²) in [5, 5.41) is 4.29. The van der Waals surface area contributed by atoms with E-state index in [1.807, 2.05) is 6.20 Å². The molecule has 2 rings (SSSR count). The molecule has 0 aliphatic carbocycles. The van der Waals surface area contributed by atoms with Crippen LogP contribution >= 0.6 is 11.3 Å². The lowest BCUT2D eigenvalue weighted by Crippen LogP contribution is -2.14. The highest BCUT2D eigenvalue weighted by molar-refractivity contribution is 7.07. The second-order valence-corrected chi connectivity index (χ2v) is 5.27. The Labute approximate surface area is 107 Å². The molecule has 0 saturated heterocycles. The average molecular weight is 246 g/mol. The number of nitrogens with two attached hydrogens (primary N) is 1. The Balaban J connectivity index is 2.01. The lowest BCUT2D eigenvalue weighted by Gasteiger charge is -2.13. The van der Waals surface area contributed by atoms with E-state index in [1.165, 1.54) is 16.7 Å². The van der Waals surface area contributed by atoms with E-state index in [-0.39, 0.29) is 6.04 Å². The first-order valence-electron chi connectivity index (χ1n) is 5.86. The standard InChI is InChI=1S/C14H18N2S/c1-10-7-11(2)14(16-8-10)13(15)4-3-12-5-6-17-9-12/h5-9,13H,3-4,15H2,1-2H3. The van der Waals surface area contributed by atoms with E-state index in [9.17, 15) is 0 Å². The van der Waals surface area contributed by atoms with E-state index in [0.717, 1.165) is 18.5 Å². The smallest absolute Gasteiger partial charge is 0.0600 e. The number of aryl methyl sites for hydroxylation is 3. The first-order valence-corrected chi connectivity index (χ1v) is 6.81. The fourth-order valence-corrected chi connectivity index (χ4v) is 2.71. The Hall–Kier alpha value is -1.19. The number of hydrogen-bond donors (Lipinski definition) is 1. The average Bonchev–Trinajstić information content (AvgIpc) is 2.78. The van der Waals surface area contributed by atoms with Crippen molar-refractivity contribution in [1.82, 2.24) is 4.98 Å². The van der Waals surface area contributed by atoms with Crippen LogP contribution in [-0.4, -0.2) is 4.98 Å². The number of pyridine rings is 1. The molecule has 1 atom stereocenters. The third-order valence-electron chi connectivity index (χ3n) is 2.93. The Kier molecular flexibility index (Phi) is 3.92. The van der Waals surface area contributed by atoms with Crippen LogP contribution in [0.2, 0.25) is 0 Å². The van der Waals surface area contributed by atoms with Gasteiger partial charge in [-0.3, -0.25) is 4.98 Å². The SMILES string of the molecule is Cc1cnc(C(N)CCc2ccsc2)c(C)c1. The Morgan fingerprint density at radius 3 is 2.88 bits per heavy atom. The highest BCUT2D eigenvalue weighted by Gasteiger charge is 2.10. The lowest BCUT2D eigenvalue weighted by molar-refractivity contribution is 0.629. The van der Waals surface area contributed by atoms with Gasteiger partial charge in [-0.25, -0.2) is 0 Å². The molecule has 0 aliphatic heterocycles. The number of thiophene rings is 1. The summed E-state index contributed by atoms with van der Waals surface area (Å²) in [4.78, 5) is 4.46. The summed E-state index contributed by atoms with van der Waals surface area (Å²) in [6.45, 7) is 4.14. The minimum Gasteiger partial charge on any atom is -0.323 e. The lowest BCUT2D eigenvalue weighted by atomic mass is 10.0. The molecule has 0 bridgehead atoms. The monoisotopic (exact) mass is 246 g/mol. The Bertz CT molecular complexity index is 477. The zero-order valence-corrected chi connectivity index (χ0v) is 11.1. The van der Waals surface area contributed by atoms with Gasteiger partial charge in [0.15, 0.2) is 0 Å². The predicted molar refractivity (Wildman–Crippen MR) is 73.3 cm³/mol. The van der Waals surface area contributed by atoms with E-state index in [1.54, 1.807) is 11.3 Å². The number of rotatable bonds is 4.